The quantitative estimate of drug-likeness (QED) is 0.678. The molecular formula is C17H17NO. The lowest BCUT2D eigenvalue weighted by atomic mass is 9.98. The molecule has 19 heavy (non-hydrogen) atoms. The van der Waals surface area contributed by atoms with E-state index in [4.69, 9.17) is 10.2 Å². The summed E-state index contributed by atoms with van der Waals surface area (Å²) in [4.78, 5) is 0. The Morgan fingerprint density at radius 1 is 1.11 bits per heavy atom. The summed E-state index contributed by atoms with van der Waals surface area (Å²) in [5, 5.41) is 1.14. The molecule has 2 nitrogen and oxygen atoms in total. The van der Waals surface area contributed by atoms with Crippen molar-refractivity contribution in [1.82, 2.24) is 0 Å². The minimum absolute atomic E-state index is 0.798. The first-order chi connectivity index (χ1) is 9.20. The summed E-state index contributed by atoms with van der Waals surface area (Å²) in [5.41, 5.74) is 11.3. The zero-order valence-electron chi connectivity index (χ0n) is 11.2. The van der Waals surface area contributed by atoms with Crippen molar-refractivity contribution in [3.63, 3.8) is 0 Å². The standard InChI is InChI=1S/C17H17NO/c1-3-15-17(12-6-4-5-7-16(12)19-15)13-10-11(2)8-9-14(13)18/h4-10H,3,18H2,1-2H3. The molecule has 0 spiro atoms. The first kappa shape index (κ1) is 11.8. The van der Waals surface area contributed by atoms with Gasteiger partial charge in [-0.15, -0.1) is 0 Å². The van der Waals surface area contributed by atoms with Gasteiger partial charge in [-0.3, -0.25) is 0 Å². The second kappa shape index (κ2) is 4.47. The third-order valence-corrected chi connectivity index (χ3v) is 3.47. The van der Waals surface area contributed by atoms with Crippen molar-refractivity contribution in [1.29, 1.82) is 0 Å². The topological polar surface area (TPSA) is 39.2 Å². The number of furan rings is 1. The smallest absolute Gasteiger partial charge is 0.134 e. The Bertz CT molecular complexity index is 740. The maximum Gasteiger partial charge on any atom is 0.134 e. The van der Waals surface area contributed by atoms with Crippen molar-refractivity contribution in [2.24, 2.45) is 0 Å². The lowest BCUT2D eigenvalue weighted by molar-refractivity contribution is 0.558. The van der Waals surface area contributed by atoms with E-state index in [1.807, 2.05) is 30.3 Å². The molecule has 2 heteroatoms. The summed E-state index contributed by atoms with van der Waals surface area (Å²) in [6, 6.07) is 14.3. The van der Waals surface area contributed by atoms with Gasteiger partial charge in [0.15, 0.2) is 0 Å². The Balaban J connectivity index is 2.37. The van der Waals surface area contributed by atoms with Crippen LogP contribution in [0.2, 0.25) is 0 Å². The number of rotatable bonds is 2. The minimum atomic E-state index is 0.798. The predicted molar refractivity (Wildman–Crippen MR) is 80.2 cm³/mol. The van der Waals surface area contributed by atoms with Gasteiger partial charge in [0.2, 0.25) is 0 Å². The van der Waals surface area contributed by atoms with Crippen LogP contribution in [0.1, 0.15) is 18.2 Å². The Hall–Kier alpha value is -2.22. The maximum absolute atomic E-state index is 6.15. The van der Waals surface area contributed by atoms with Crippen molar-refractivity contribution in [3.05, 3.63) is 53.8 Å². The average molecular weight is 251 g/mol. The van der Waals surface area contributed by atoms with Crippen molar-refractivity contribution in [2.75, 3.05) is 5.73 Å². The molecule has 0 amide bonds. The van der Waals surface area contributed by atoms with Gasteiger partial charge in [0.05, 0.1) is 0 Å². The predicted octanol–water partition coefficient (Wildman–Crippen LogP) is 4.55. The number of benzene rings is 2. The molecule has 1 heterocycles. The van der Waals surface area contributed by atoms with Gasteiger partial charge in [-0.05, 0) is 25.1 Å². The number of anilines is 1. The minimum Gasteiger partial charge on any atom is -0.460 e. The molecular weight excluding hydrogens is 234 g/mol. The van der Waals surface area contributed by atoms with Crippen molar-refractivity contribution < 1.29 is 4.42 Å². The van der Waals surface area contributed by atoms with E-state index in [1.165, 1.54) is 5.56 Å². The Kier molecular flexibility index (Phi) is 2.79. The summed E-state index contributed by atoms with van der Waals surface area (Å²) in [5.74, 6) is 0.999. The van der Waals surface area contributed by atoms with Gasteiger partial charge < -0.3 is 10.2 Å². The fourth-order valence-electron chi connectivity index (χ4n) is 2.53. The van der Waals surface area contributed by atoms with Crippen LogP contribution in [0.3, 0.4) is 0 Å². The van der Waals surface area contributed by atoms with Crippen LogP contribution >= 0.6 is 0 Å². The second-order valence-corrected chi connectivity index (χ2v) is 4.84. The van der Waals surface area contributed by atoms with Gasteiger partial charge in [-0.2, -0.15) is 0 Å². The number of para-hydroxylation sites is 1. The molecule has 0 unspecified atom stereocenters. The van der Waals surface area contributed by atoms with Gasteiger partial charge in [-0.25, -0.2) is 0 Å². The van der Waals surface area contributed by atoms with E-state index in [0.29, 0.717) is 0 Å². The normalized spacial score (nSPS) is 11.1. The van der Waals surface area contributed by atoms with Gasteiger partial charge in [-0.1, -0.05) is 36.8 Å². The number of hydrogen-bond donors (Lipinski definition) is 1. The molecule has 3 rings (SSSR count). The summed E-state index contributed by atoms with van der Waals surface area (Å²) in [7, 11) is 0. The first-order valence-electron chi connectivity index (χ1n) is 6.57. The molecule has 0 fully saturated rings. The van der Waals surface area contributed by atoms with Crippen LogP contribution in [0.25, 0.3) is 22.1 Å². The van der Waals surface area contributed by atoms with E-state index < -0.39 is 0 Å². The Morgan fingerprint density at radius 3 is 2.68 bits per heavy atom. The van der Waals surface area contributed by atoms with Crippen molar-refractivity contribution in [3.8, 4) is 11.1 Å². The van der Waals surface area contributed by atoms with Crippen LogP contribution in [0, 0.1) is 6.92 Å². The van der Waals surface area contributed by atoms with Crippen LogP contribution < -0.4 is 5.73 Å². The second-order valence-electron chi connectivity index (χ2n) is 4.84. The molecule has 96 valence electrons. The van der Waals surface area contributed by atoms with Crippen LogP contribution in [-0.2, 0) is 6.42 Å². The molecule has 1 aromatic heterocycles. The highest BCUT2D eigenvalue weighted by atomic mass is 16.3. The van der Waals surface area contributed by atoms with Gasteiger partial charge >= 0.3 is 0 Å². The van der Waals surface area contributed by atoms with E-state index in [2.05, 4.69) is 26.0 Å². The lowest BCUT2D eigenvalue weighted by Crippen LogP contribution is -1.92. The molecule has 0 aliphatic carbocycles. The highest BCUT2D eigenvalue weighted by Gasteiger charge is 2.16. The summed E-state index contributed by atoms with van der Waals surface area (Å²) in [6.07, 6.45) is 0.859. The highest BCUT2D eigenvalue weighted by Crippen LogP contribution is 2.38. The van der Waals surface area contributed by atoms with E-state index in [-0.39, 0.29) is 0 Å². The monoisotopic (exact) mass is 251 g/mol. The van der Waals surface area contributed by atoms with Crippen molar-refractivity contribution in [2.45, 2.75) is 20.3 Å². The Labute approximate surface area is 112 Å². The Morgan fingerprint density at radius 2 is 1.89 bits per heavy atom. The zero-order valence-corrected chi connectivity index (χ0v) is 11.2. The van der Waals surface area contributed by atoms with Crippen molar-refractivity contribution >= 4 is 16.7 Å². The molecule has 0 bridgehead atoms. The van der Waals surface area contributed by atoms with Gasteiger partial charge in [0.1, 0.15) is 11.3 Å². The summed E-state index contributed by atoms with van der Waals surface area (Å²) >= 11 is 0. The SMILES string of the molecule is CCc1oc2ccccc2c1-c1cc(C)ccc1N. The molecule has 0 aliphatic heterocycles. The van der Waals surface area contributed by atoms with Gasteiger partial charge in [0, 0.05) is 28.6 Å². The molecule has 2 N–H and O–H groups in total. The van der Waals surface area contributed by atoms with Crippen LogP contribution in [-0.4, -0.2) is 0 Å². The number of hydrogen-bond acceptors (Lipinski definition) is 2. The lowest BCUT2D eigenvalue weighted by Gasteiger charge is -2.07. The van der Waals surface area contributed by atoms with Crippen LogP contribution in [0.4, 0.5) is 5.69 Å². The largest absolute Gasteiger partial charge is 0.460 e. The molecule has 0 radical (unpaired) electrons. The molecule has 3 aromatic rings. The van der Waals surface area contributed by atoms with E-state index >= 15 is 0 Å². The number of fused-ring (bicyclic) bond motifs is 1. The molecule has 2 aromatic carbocycles. The van der Waals surface area contributed by atoms with Crippen LogP contribution in [0.5, 0.6) is 0 Å². The number of aryl methyl sites for hydroxylation is 2. The van der Waals surface area contributed by atoms with Crippen LogP contribution in [0.15, 0.2) is 46.9 Å². The highest BCUT2D eigenvalue weighted by molar-refractivity contribution is 5.98. The molecule has 0 saturated carbocycles. The summed E-state index contributed by atoms with van der Waals surface area (Å²) < 4.78 is 5.94. The maximum atomic E-state index is 6.15. The third-order valence-electron chi connectivity index (χ3n) is 3.47. The molecule has 0 saturated heterocycles. The fraction of sp³-hybridized carbons (Fsp3) is 0.176. The fourth-order valence-corrected chi connectivity index (χ4v) is 2.53. The zero-order chi connectivity index (χ0) is 13.4. The van der Waals surface area contributed by atoms with E-state index in [1.54, 1.807) is 0 Å². The van der Waals surface area contributed by atoms with Gasteiger partial charge in [0.25, 0.3) is 0 Å². The van der Waals surface area contributed by atoms with E-state index in [9.17, 15) is 0 Å². The molecule has 0 atom stereocenters. The van der Waals surface area contributed by atoms with E-state index in [0.717, 1.165) is 40.0 Å². The number of nitrogen functional groups attached to an aromatic ring is 1. The molecule has 0 aliphatic rings. The third kappa shape index (κ3) is 1.89. The first-order valence-corrected chi connectivity index (χ1v) is 6.57. The summed E-state index contributed by atoms with van der Waals surface area (Å²) in [6.45, 7) is 4.18. The average Bonchev–Trinajstić information content (AvgIpc) is 2.80. The number of nitrogens with two attached hydrogens (primary N) is 1.